The van der Waals surface area contributed by atoms with Gasteiger partial charge in [0.25, 0.3) is 5.91 Å². The molecule has 1 amide bonds. The monoisotopic (exact) mass is 379 g/mol. The third-order valence-corrected chi connectivity index (χ3v) is 5.25. The summed E-state index contributed by atoms with van der Waals surface area (Å²) >= 11 is 1.65. The number of hydrogen-bond donors (Lipinski definition) is 0. The highest BCUT2D eigenvalue weighted by Crippen LogP contribution is 2.35. The number of carbonyl (C=O) groups excluding carboxylic acids is 2. The van der Waals surface area contributed by atoms with Crippen molar-refractivity contribution in [2.45, 2.75) is 18.7 Å². The summed E-state index contributed by atoms with van der Waals surface area (Å²) in [7, 11) is 1.33. The molecular weight excluding hydrogens is 358 g/mol. The number of amides is 1. The van der Waals surface area contributed by atoms with E-state index < -0.39 is 5.97 Å². The van der Waals surface area contributed by atoms with E-state index in [1.165, 1.54) is 7.11 Å². The molecule has 0 fully saturated rings. The molecule has 0 N–H and O–H groups in total. The molecule has 138 valence electrons. The van der Waals surface area contributed by atoms with E-state index in [0.29, 0.717) is 16.8 Å². The average molecular weight is 379 g/mol. The van der Waals surface area contributed by atoms with Gasteiger partial charge in [-0.2, -0.15) is 0 Å². The molecule has 0 aromatic heterocycles. The van der Waals surface area contributed by atoms with Gasteiger partial charge in [0, 0.05) is 16.3 Å². The molecular formula is C22H21NO3S. The number of benzene rings is 2. The van der Waals surface area contributed by atoms with Crippen LogP contribution in [0.4, 0.5) is 5.69 Å². The molecule has 1 aliphatic rings. The zero-order chi connectivity index (χ0) is 19.6. The topological polar surface area (TPSA) is 46.6 Å². The number of esters is 1. The Labute approximate surface area is 163 Å². The van der Waals surface area contributed by atoms with E-state index in [0.717, 1.165) is 21.7 Å². The van der Waals surface area contributed by atoms with Crippen molar-refractivity contribution >= 4 is 35.4 Å². The van der Waals surface area contributed by atoms with Gasteiger partial charge in [0.15, 0.2) is 0 Å². The minimum absolute atomic E-state index is 0.231. The van der Waals surface area contributed by atoms with Crippen molar-refractivity contribution in [3.8, 4) is 0 Å². The standard InChI is InChI=1S/C22H21NO3S/c1-14-5-9-17(10-6-14)23-15(2)20(22(25)26-3)19(21(23)24)13-16-7-11-18(27-4)12-8-16/h5-13H,1-4H3/b19-13-. The molecule has 0 saturated heterocycles. The molecule has 0 radical (unpaired) electrons. The minimum atomic E-state index is -0.512. The maximum absolute atomic E-state index is 13.2. The number of ether oxygens (including phenoxy) is 1. The second kappa shape index (κ2) is 7.84. The first kappa shape index (κ1) is 19.0. The number of nitrogens with zero attached hydrogens (tertiary/aromatic N) is 1. The fraction of sp³-hybridized carbons (Fsp3) is 0.182. The van der Waals surface area contributed by atoms with Gasteiger partial charge in [-0.1, -0.05) is 29.8 Å². The Hall–Kier alpha value is -2.79. The quantitative estimate of drug-likeness (QED) is 0.443. The van der Waals surface area contributed by atoms with Crippen LogP contribution in [0, 0.1) is 6.92 Å². The number of hydrogen-bond acceptors (Lipinski definition) is 4. The number of aryl methyl sites for hydroxylation is 1. The van der Waals surface area contributed by atoms with Crippen molar-refractivity contribution in [1.82, 2.24) is 0 Å². The van der Waals surface area contributed by atoms with Gasteiger partial charge in [0.05, 0.1) is 18.3 Å². The van der Waals surface area contributed by atoms with Crippen LogP contribution in [0.3, 0.4) is 0 Å². The van der Waals surface area contributed by atoms with Gasteiger partial charge in [-0.05, 0) is 56.0 Å². The summed E-state index contributed by atoms with van der Waals surface area (Å²) in [5.74, 6) is -0.742. The van der Waals surface area contributed by atoms with Crippen molar-refractivity contribution in [2.24, 2.45) is 0 Å². The Morgan fingerprint density at radius 2 is 1.67 bits per heavy atom. The number of methoxy groups -OCH3 is 1. The molecule has 2 aromatic carbocycles. The van der Waals surface area contributed by atoms with E-state index in [1.807, 2.05) is 61.7 Å². The van der Waals surface area contributed by atoms with Crippen LogP contribution in [0.2, 0.25) is 0 Å². The van der Waals surface area contributed by atoms with E-state index in [4.69, 9.17) is 4.74 Å². The van der Waals surface area contributed by atoms with E-state index in [2.05, 4.69) is 0 Å². The molecule has 3 rings (SSSR count). The van der Waals surface area contributed by atoms with Gasteiger partial charge < -0.3 is 4.74 Å². The molecule has 0 spiro atoms. The highest BCUT2D eigenvalue weighted by atomic mass is 32.2. The predicted molar refractivity (Wildman–Crippen MR) is 110 cm³/mol. The van der Waals surface area contributed by atoms with E-state index in [9.17, 15) is 9.59 Å². The SMILES string of the molecule is COC(=O)C1=C(C)N(c2ccc(C)cc2)C(=O)/C1=C\c1ccc(SC)cc1. The zero-order valence-corrected chi connectivity index (χ0v) is 16.6. The number of allylic oxidation sites excluding steroid dienone is 1. The third-order valence-electron chi connectivity index (χ3n) is 4.51. The van der Waals surface area contributed by atoms with Crippen LogP contribution in [0.15, 0.2) is 70.3 Å². The number of thioether (sulfide) groups is 1. The molecule has 0 aliphatic carbocycles. The molecule has 1 aliphatic heterocycles. The number of anilines is 1. The van der Waals surface area contributed by atoms with Crippen molar-refractivity contribution in [2.75, 3.05) is 18.3 Å². The van der Waals surface area contributed by atoms with Crippen molar-refractivity contribution in [3.05, 3.63) is 76.5 Å². The van der Waals surface area contributed by atoms with Crippen LogP contribution in [-0.4, -0.2) is 25.2 Å². The van der Waals surface area contributed by atoms with Crippen LogP contribution < -0.4 is 4.90 Å². The lowest BCUT2D eigenvalue weighted by Crippen LogP contribution is -2.24. The van der Waals surface area contributed by atoms with Gasteiger partial charge >= 0.3 is 5.97 Å². The van der Waals surface area contributed by atoms with Crippen molar-refractivity contribution < 1.29 is 14.3 Å². The summed E-state index contributed by atoms with van der Waals surface area (Å²) in [6.45, 7) is 3.75. The Kier molecular flexibility index (Phi) is 5.51. The van der Waals surface area contributed by atoms with Crippen LogP contribution in [0.25, 0.3) is 6.08 Å². The normalized spacial score (nSPS) is 15.6. The van der Waals surface area contributed by atoms with Crippen molar-refractivity contribution in [1.29, 1.82) is 0 Å². The molecule has 2 aromatic rings. The summed E-state index contributed by atoms with van der Waals surface area (Å²) in [5.41, 5.74) is 3.91. The maximum atomic E-state index is 13.2. The Bertz CT molecular complexity index is 941. The van der Waals surface area contributed by atoms with Gasteiger partial charge in [-0.15, -0.1) is 11.8 Å². The van der Waals surface area contributed by atoms with Gasteiger partial charge in [-0.3, -0.25) is 9.69 Å². The minimum Gasteiger partial charge on any atom is -0.465 e. The van der Waals surface area contributed by atoms with Crippen LogP contribution in [0.1, 0.15) is 18.1 Å². The zero-order valence-electron chi connectivity index (χ0n) is 15.8. The van der Waals surface area contributed by atoms with E-state index in [1.54, 1.807) is 29.7 Å². The highest BCUT2D eigenvalue weighted by molar-refractivity contribution is 7.98. The number of carbonyl (C=O) groups is 2. The second-order valence-corrected chi connectivity index (χ2v) is 7.14. The average Bonchev–Trinajstić information content (AvgIpc) is 2.92. The third kappa shape index (κ3) is 3.69. The molecule has 0 unspecified atom stereocenters. The fourth-order valence-corrected chi connectivity index (χ4v) is 3.46. The predicted octanol–water partition coefficient (Wildman–Crippen LogP) is 4.59. The lowest BCUT2D eigenvalue weighted by molar-refractivity contribution is -0.136. The lowest BCUT2D eigenvalue weighted by Gasteiger charge is -2.18. The Morgan fingerprint density at radius 3 is 2.22 bits per heavy atom. The van der Waals surface area contributed by atoms with Gasteiger partial charge in [0.1, 0.15) is 0 Å². The van der Waals surface area contributed by atoms with Crippen LogP contribution in [0.5, 0.6) is 0 Å². The first-order valence-electron chi connectivity index (χ1n) is 8.52. The van der Waals surface area contributed by atoms with E-state index >= 15 is 0 Å². The Balaban J connectivity index is 2.09. The van der Waals surface area contributed by atoms with Gasteiger partial charge in [0.2, 0.25) is 0 Å². The molecule has 0 bridgehead atoms. The summed E-state index contributed by atoms with van der Waals surface area (Å²) < 4.78 is 4.94. The molecule has 27 heavy (non-hydrogen) atoms. The Morgan fingerprint density at radius 1 is 1.04 bits per heavy atom. The summed E-state index contributed by atoms with van der Waals surface area (Å²) in [6, 6.07) is 15.5. The lowest BCUT2D eigenvalue weighted by atomic mass is 10.0. The summed E-state index contributed by atoms with van der Waals surface area (Å²) in [6.07, 6.45) is 3.76. The summed E-state index contributed by atoms with van der Waals surface area (Å²) in [5, 5.41) is 0. The van der Waals surface area contributed by atoms with Crippen molar-refractivity contribution in [3.63, 3.8) is 0 Å². The molecule has 4 nitrogen and oxygen atoms in total. The first-order chi connectivity index (χ1) is 13.0. The van der Waals surface area contributed by atoms with Crippen LogP contribution in [-0.2, 0) is 14.3 Å². The molecule has 0 saturated carbocycles. The van der Waals surface area contributed by atoms with Crippen LogP contribution >= 0.6 is 11.8 Å². The largest absolute Gasteiger partial charge is 0.465 e. The van der Waals surface area contributed by atoms with Gasteiger partial charge in [-0.25, -0.2) is 4.79 Å². The number of rotatable bonds is 4. The summed E-state index contributed by atoms with van der Waals surface area (Å²) in [4.78, 5) is 28.3. The molecule has 0 atom stereocenters. The second-order valence-electron chi connectivity index (χ2n) is 6.26. The molecule has 5 heteroatoms. The smallest absolute Gasteiger partial charge is 0.340 e. The highest BCUT2D eigenvalue weighted by Gasteiger charge is 2.37. The first-order valence-corrected chi connectivity index (χ1v) is 9.75. The van der Waals surface area contributed by atoms with E-state index in [-0.39, 0.29) is 5.91 Å². The fourth-order valence-electron chi connectivity index (χ4n) is 3.05. The maximum Gasteiger partial charge on any atom is 0.340 e. The molecule has 1 heterocycles.